The topological polar surface area (TPSA) is 64.6 Å². The minimum absolute atomic E-state index is 0.209. The maximum absolute atomic E-state index is 12.8. The average molecular weight is 255 g/mol. The summed E-state index contributed by atoms with van der Waals surface area (Å²) >= 11 is 0. The highest BCUT2D eigenvalue weighted by Crippen LogP contribution is 2.11. The van der Waals surface area contributed by atoms with Crippen molar-refractivity contribution in [2.45, 2.75) is 6.92 Å². The zero-order valence-electron chi connectivity index (χ0n) is 9.94. The van der Waals surface area contributed by atoms with Gasteiger partial charge in [-0.15, -0.1) is 0 Å². The van der Waals surface area contributed by atoms with Crippen molar-refractivity contribution in [1.82, 2.24) is 5.32 Å². The van der Waals surface area contributed by atoms with Crippen molar-refractivity contribution in [3.05, 3.63) is 30.1 Å². The smallest absolute Gasteiger partial charge is 0.325 e. The number of halogens is 1. The summed E-state index contributed by atoms with van der Waals surface area (Å²) in [5.41, 5.74) is 0. The van der Waals surface area contributed by atoms with Gasteiger partial charge in [-0.2, -0.15) is 0 Å². The molecule has 1 amide bonds. The van der Waals surface area contributed by atoms with Crippen LogP contribution in [0.5, 0.6) is 5.75 Å². The maximum Gasteiger partial charge on any atom is 0.325 e. The van der Waals surface area contributed by atoms with Crippen LogP contribution in [0.4, 0.5) is 4.39 Å². The van der Waals surface area contributed by atoms with Gasteiger partial charge in [0.15, 0.2) is 6.61 Å². The molecule has 98 valence electrons. The van der Waals surface area contributed by atoms with Gasteiger partial charge in [0.1, 0.15) is 18.1 Å². The summed E-state index contributed by atoms with van der Waals surface area (Å²) in [4.78, 5) is 22.2. The van der Waals surface area contributed by atoms with Crippen molar-refractivity contribution in [3.63, 3.8) is 0 Å². The molecule has 0 spiro atoms. The van der Waals surface area contributed by atoms with Crippen molar-refractivity contribution in [1.29, 1.82) is 0 Å². The molecule has 0 unspecified atom stereocenters. The lowest BCUT2D eigenvalue weighted by Gasteiger charge is -2.07. The number of benzene rings is 1. The second-order valence-corrected chi connectivity index (χ2v) is 3.33. The first-order valence-corrected chi connectivity index (χ1v) is 5.42. The number of carbonyl (C=O) groups is 2. The van der Waals surface area contributed by atoms with Gasteiger partial charge in [0.05, 0.1) is 6.61 Å². The standard InChI is InChI=1S/C12H14FNO4/c1-2-17-12(16)7-14-11(15)8-18-10-5-3-4-9(13)6-10/h3-6H,2,7-8H2,1H3,(H,14,15). The van der Waals surface area contributed by atoms with Crippen molar-refractivity contribution >= 4 is 11.9 Å². The van der Waals surface area contributed by atoms with Gasteiger partial charge in [-0.05, 0) is 19.1 Å². The number of hydrogen-bond donors (Lipinski definition) is 1. The molecule has 6 heteroatoms. The van der Waals surface area contributed by atoms with E-state index in [0.29, 0.717) is 0 Å². The highest BCUT2D eigenvalue weighted by Gasteiger charge is 2.06. The summed E-state index contributed by atoms with van der Waals surface area (Å²) < 4.78 is 22.5. The number of nitrogens with one attached hydrogen (secondary N) is 1. The van der Waals surface area contributed by atoms with Gasteiger partial charge in [0.2, 0.25) is 0 Å². The van der Waals surface area contributed by atoms with Gasteiger partial charge in [0, 0.05) is 6.07 Å². The van der Waals surface area contributed by atoms with E-state index in [2.05, 4.69) is 10.1 Å². The Morgan fingerprint density at radius 1 is 1.39 bits per heavy atom. The molecule has 0 heterocycles. The van der Waals surface area contributed by atoms with Gasteiger partial charge < -0.3 is 14.8 Å². The number of rotatable bonds is 6. The molecule has 0 radical (unpaired) electrons. The molecule has 0 atom stereocenters. The lowest BCUT2D eigenvalue weighted by atomic mass is 10.3. The minimum atomic E-state index is -0.517. The number of esters is 1. The Hall–Kier alpha value is -2.11. The van der Waals surface area contributed by atoms with Gasteiger partial charge in [-0.3, -0.25) is 9.59 Å². The maximum atomic E-state index is 12.8. The van der Waals surface area contributed by atoms with E-state index in [0.717, 1.165) is 0 Å². The summed E-state index contributed by atoms with van der Waals surface area (Å²) in [7, 11) is 0. The number of amides is 1. The Morgan fingerprint density at radius 2 is 2.17 bits per heavy atom. The SMILES string of the molecule is CCOC(=O)CNC(=O)COc1cccc(F)c1. The highest BCUT2D eigenvalue weighted by molar-refractivity contribution is 5.82. The van der Waals surface area contributed by atoms with Crippen LogP contribution in [0.15, 0.2) is 24.3 Å². The number of ether oxygens (including phenoxy) is 2. The van der Waals surface area contributed by atoms with Crippen LogP contribution in [0.1, 0.15) is 6.92 Å². The monoisotopic (exact) mass is 255 g/mol. The molecule has 0 saturated carbocycles. The third kappa shape index (κ3) is 5.29. The predicted molar refractivity (Wildman–Crippen MR) is 61.5 cm³/mol. The van der Waals surface area contributed by atoms with Crippen LogP contribution >= 0.6 is 0 Å². The van der Waals surface area contributed by atoms with Crippen LogP contribution in [0, 0.1) is 5.82 Å². The van der Waals surface area contributed by atoms with E-state index >= 15 is 0 Å². The predicted octanol–water partition coefficient (Wildman–Crippen LogP) is 0.884. The van der Waals surface area contributed by atoms with Crippen LogP contribution < -0.4 is 10.1 Å². The Morgan fingerprint density at radius 3 is 2.83 bits per heavy atom. The van der Waals surface area contributed by atoms with Crippen LogP contribution in [-0.4, -0.2) is 31.6 Å². The van der Waals surface area contributed by atoms with E-state index in [9.17, 15) is 14.0 Å². The Labute approximate surface area is 104 Å². The minimum Gasteiger partial charge on any atom is -0.484 e. The number of carbonyl (C=O) groups excluding carboxylic acids is 2. The van der Waals surface area contributed by atoms with Crippen molar-refractivity contribution < 1.29 is 23.5 Å². The summed E-state index contributed by atoms with van der Waals surface area (Å²) in [6.45, 7) is 1.43. The fourth-order valence-electron chi connectivity index (χ4n) is 1.14. The lowest BCUT2D eigenvalue weighted by Crippen LogP contribution is -2.34. The zero-order valence-corrected chi connectivity index (χ0v) is 9.94. The van der Waals surface area contributed by atoms with Crippen LogP contribution in [-0.2, 0) is 14.3 Å². The molecule has 0 bridgehead atoms. The first kappa shape index (κ1) is 14.0. The van der Waals surface area contributed by atoms with Crippen LogP contribution in [0.3, 0.4) is 0 Å². The molecule has 1 rings (SSSR count). The molecule has 0 aliphatic rings. The fourth-order valence-corrected chi connectivity index (χ4v) is 1.14. The van der Waals surface area contributed by atoms with Crippen molar-refractivity contribution in [2.75, 3.05) is 19.8 Å². The van der Waals surface area contributed by atoms with E-state index in [-0.39, 0.29) is 25.5 Å². The van der Waals surface area contributed by atoms with Crippen molar-refractivity contribution in [3.8, 4) is 5.75 Å². The summed E-state index contributed by atoms with van der Waals surface area (Å²) in [5.74, 6) is -1.19. The molecule has 1 N–H and O–H groups in total. The highest BCUT2D eigenvalue weighted by atomic mass is 19.1. The molecule has 0 aliphatic carbocycles. The largest absolute Gasteiger partial charge is 0.484 e. The molecule has 0 fully saturated rings. The molecule has 1 aromatic rings. The number of hydrogen-bond acceptors (Lipinski definition) is 4. The molecule has 0 aromatic heterocycles. The van der Waals surface area contributed by atoms with E-state index in [4.69, 9.17) is 4.74 Å². The normalized spacial score (nSPS) is 9.67. The molecule has 0 aliphatic heterocycles. The van der Waals surface area contributed by atoms with E-state index in [1.165, 1.54) is 24.3 Å². The molecular formula is C12H14FNO4. The average Bonchev–Trinajstić information content (AvgIpc) is 2.34. The Bertz CT molecular complexity index is 422. The van der Waals surface area contributed by atoms with Crippen molar-refractivity contribution in [2.24, 2.45) is 0 Å². The first-order chi connectivity index (χ1) is 8.61. The molecule has 18 heavy (non-hydrogen) atoms. The second kappa shape index (κ2) is 7.26. The molecular weight excluding hydrogens is 241 g/mol. The Balaban J connectivity index is 2.27. The summed E-state index contributed by atoms with van der Waals surface area (Å²) in [6.07, 6.45) is 0. The fraction of sp³-hybridized carbons (Fsp3) is 0.333. The first-order valence-electron chi connectivity index (χ1n) is 5.42. The van der Waals surface area contributed by atoms with Gasteiger partial charge in [-0.1, -0.05) is 6.07 Å². The van der Waals surface area contributed by atoms with E-state index in [1.807, 2.05) is 0 Å². The zero-order chi connectivity index (χ0) is 13.4. The van der Waals surface area contributed by atoms with Gasteiger partial charge in [0.25, 0.3) is 5.91 Å². The molecule has 5 nitrogen and oxygen atoms in total. The van der Waals surface area contributed by atoms with E-state index < -0.39 is 17.7 Å². The lowest BCUT2D eigenvalue weighted by molar-refractivity contribution is -0.143. The third-order valence-corrected chi connectivity index (χ3v) is 1.90. The summed E-state index contributed by atoms with van der Waals surface area (Å²) in [5, 5.41) is 2.32. The van der Waals surface area contributed by atoms with Gasteiger partial charge in [-0.25, -0.2) is 4.39 Å². The second-order valence-electron chi connectivity index (χ2n) is 3.33. The summed E-state index contributed by atoms with van der Waals surface area (Å²) in [6, 6.07) is 5.44. The third-order valence-electron chi connectivity index (χ3n) is 1.90. The van der Waals surface area contributed by atoms with Gasteiger partial charge >= 0.3 is 5.97 Å². The molecule has 1 aromatic carbocycles. The molecule has 0 saturated heterocycles. The van der Waals surface area contributed by atoms with Crippen LogP contribution in [0.2, 0.25) is 0 Å². The quantitative estimate of drug-likeness (QED) is 0.766. The Kier molecular flexibility index (Phi) is 5.63. The van der Waals surface area contributed by atoms with Crippen LogP contribution in [0.25, 0.3) is 0 Å². The van der Waals surface area contributed by atoms with E-state index in [1.54, 1.807) is 6.92 Å².